The van der Waals surface area contributed by atoms with Crippen LogP contribution in [0.2, 0.25) is 0 Å². The minimum atomic E-state index is 0.206. The third-order valence-electron chi connectivity index (χ3n) is 5.40. The molecule has 0 bridgehead atoms. The molecule has 2 aliphatic heterocycles. The average molecular weight is 345 g/mol. The summed E-state index contributed by atoms with van der Waals surface area (Å²) in [6, 6.07) is 6.47. The lowest BCUT2D eigenvalue weighted by atomic mass is 10.1. The number of hydrogen-bond acceptors (Lipinski definition) is 4. The van der Waals surface area contributed by atoms with Gasteiger partial charge in [0.15, 0.2) is 0 Å². The zero-order chi connectivity index (χ0) is 18.0. The number of ether oxygens (including phenoxy) is 1. The van der Waals surface area contributed by atoms with Crippen LogP contribution in [0.15, 0.2) is 18.2 Å². The van der Waals surface area contributed by atoms with E-state index in [-0.39, 0.29) is 18.1 Å². The molecule has 1 amide bonds. The van der Waals surface area contributed by atoms with Gasteiger partial charge in [-0.3, -0.25) is 9.69 Å². The predicted molar refractivity (Wildman–Crippen MR) is 101 cm³/mol. The number of hydrogen-bond donors (Lipinski definition) is 0. The molecule has 0 unspecified atom stereocenters. The first-order valence-electron chi connectivity index (χ1n) is 9.41. The summed E-state index contributed by atoms with van der Waals surface area (Å²) in [6.45, 7) is 14.1. The number of rotatable bonds is 3. The highest BCUT2D eigenvalue weighted by molar-refractivity contribution is 5.78. The molecule has 2 aliphatic rings. The number of nitrogens with zero attached hydrogens (tertiary/aromatic N) is 3. The summed E-state index contributed by atoms with van der Waals surface area (Å²) < 4.78 is 5.75. The van der Waals surface area contributed by atoms with Crippen LogP contribution in [-0.4, -0.2) is 73.7 Å². The maximum atomic E-state index is 12.7. The highest BCUT2D eigenvalue weighted by Gasteiger charge is 2.27. The fraction of sp³-hybridized carbons (Fsp3) is 0.650. The summed E-state index contributed by atoms with van der Waals surface area (Å²) in [7, 11) is 0. The summed E-state index contributed by atoms with van der Waals surface area (Å²) >= 11 is 0. The Morgan fingerprint density at radius 3 is 2.36 bits per heavy atom. The Labute approximate surface area is 151 Å². The summed E-state index contributed by atoms with van der Waals surface area (Å²) in [5.41, 5.74) is 3.98. The van der Waals surface area contributed by atoms with Crippen LogP contribution in [0.4, 0.5) is 5.69 Å². The molecule has 0 N–H and O–H groups in total. The van der Waals surface area contributed by atoms with Crippen LogP contribution in [0, 0.1) is 13.8 Å². The lowest BCUT2D eigenvalue weighted by molar-refractivity contribution is -0.136. The van der Waals surface area contributed by atoms with Gasteiger partial charge in [-0.25, -0.2) is 0 Å². The number of carbonyl (C=O) groups excluding carboxylic acids is 1. The van der Waals surface area contributed by atoms with Crippen molar-refractivity contribution >= 4 is 11.6 Å². The van der Waals surface area contributed by atoms with E-state index in [0.29, 0.717) is 6.54 Å². The van der Waals surface area contributed by atoms with E-state index >= 15 is 0 Å². The van der Waals surface area contributed by atoms with Crippen LogP contribution in [0.5, 0.6) is 0 Å². The van der Waals surface area contributed by atoms with E-state index in [1.54, 1.807) is 0 Å². The van der Waals surface area contributed by atoms with Crippen molar-refractivity contribution < 1.29 is 9.53 Å². The Hall–Kier alpha value is -1.59. The molecule has 0 saturated carbocycles. The van der Waals surface area contributed by atoms with E-state index in [4.69, 9.17) is 4.74 Å². The lowest BCUT2D eigenvalue weighted by Gasteiger charge is -2.39. The molecule has 138 valence electrons. The molecule has 2 heterocycles. The second-order valence-corrected chi connectivity index (χ2v) is 7.54. The molecule has 25 heavy (non-hydrogen) atoms. The van der Waals surface area contributed by atoms with Crippen LogP contribution in [0.25, 0.3) is 0 Å². The Morgan fingerprint density at radius 1 is 1.08 bits per heavy atom. The fourth-order valence-electron chi connectivity index (χ4n) is 3.98. The van der Waals surface area contributed by atoms with Crippen molar-refractivity contribution in [1.29, 1.82) is 0 Å². The van der Waals surface area contributed by atoms with Gasteiger partial charge in [0.2, 0.25) is 5.91 Å². The second-order valence-electron chi connectivity index (χ2n) is 7.54. The first-order valence-corrected chi connectivity index (χ1v) is 9.41. The first-order chi connectivity index (χ1) is 11.9. The van der Waals surface area contributed by atoms with E-state index in [9.17, 15) is 4.79 Å². The molecule has 2 atom stereocenters. The molecule has 1 aromatic carbocycles. The van der Waals surface area contributed by atoms with Crippen LogP contribution in [0.1, 0.15) is 25.0 Å². The minimum absolute atomic E-state index is 0.206. The van der Waals surface area contributed by atoms with Crippen molar-refractivity contribution in [1.82, 2.24) is 9.80 Å². The molecular weight excluding hydrogens is 314 g/mol. The zero-order valence-corrected chi connectivity index (χ0v) is 16.0. The van der Waals surface area contributed by atoms with Gasteiger partial charge in [-0.05, 0) is 44.9 Å². The normalized spacial score (nSPS) is 25.3. The summed E-state index contributed by atoms with van der Waals surface area (Å²) in [5, 5.41) is 0. The zero-order valence-electron chi connectivity index (χ0n) is 16.0. The standard InChI is InChI=1S/C20H31N3O2/c1-15-6-5-7-19(18(15)4)22-8-10-23(11-9-22)20(24)14-21-12-16(2)25-17(3)13-21/h5-7,16-17H,8-14H2,1-4H3/t16-,17-/m0/s1. The van der Waals surface area contributed by atoms with Gasteiger partial charge in [-0.2, -0.15) is 0 Å². The largest absolute Gasteiger partial charge is 0.373 e. The average Bonchev–Trinajstić information content (AvgIpc) is 2.56. The molecule has 0 aromatic heterocycles. The van der Waals surface area contributed by atoms with Gasteiger partial charge in [0, 0.05) is 45.0 Å². The Morgan fingerprint density at radius 2 is 1.72 bits per heavy atom. The number of amides is 1. The maximum Gasteiger partial charge on any atom is 0.236 e. The van der Waals surface area contributed by atoms with Gasteiger partial charge in [0.05, 0.1) is 18.8 Å². The van der Waals surface area contributed by atoms with Gasteiger partial charge in [0.1, 0.15) is 0 Å². The number of morpholine rings is 1. The van der Waals surface area contributed by atoms with E-state index in [1.807, 2.05) is 4.90 Å². The lowest BCUT2D eigenvalue weighted by Crippen LogP contribution is -2.54. The quantitative estimate of drug-likeness (QED) is 0.840. The second kappa shape index (κ2) is 7.75. The molecule has 2 fully saturated rings. The Kier molecular flexibility index (Phi) is 5.64. The monoisotopic (exact) mass is 345 g/mol. The van der Waals surface area contributed by atoms with E-state index in [0.717, 1.165) is 39.3 Å². The highest BCUT2D eigenvalue weighted by Crippen LogP contribution is 2.24. The van der Waals surface area contributed by atoms with Crippen molar-refractivity contribution in [3.05, 3.63) is 29.3 Å². The third-order valence-corrected chi connectivity index (χ3v) is 5.40. The van der Waals surface area contributed by atoms with Crippen LogP contribution >= 0.6 is 0 Å². The highest BCUT2D eigenvalue weighted by atomic mass is 16.5. The summed E-state index contributed by atoms with van der Waals surface area (Å²) in [5.74, 6) is 0.252. The fourth-order valence-corrected chi connectivity index (χ4v) is 3.98. The minimum Gasteiger partial charge on any atom is -0.373 e. The van der Waals surface area contributed by atoms with E-state index < -0.39 is 0 Å². The number of aryl methyl sites for hydroxylation is 1. The van der Waals surface area contributed by atoms with Gasteiger partial charge in [-0.15, -0.1) is 0 Å². The van der Waals surface area contributed by atoms with Crippen molar-refractivity contribution in [2.45, 2.75) is 39.9 Å². The topological polar surface area (TPSA) is 36.0 Å². The van der Waals surface area contributed by atoms with Crippen molar-refractivity contribution in [3.63, 3.8) is 0 Å². The van der Waals surface area contributed by atoms with Gasteiger partial charge in [0.25, 0.3) is 0 Å². The Balaban J connectivity index is 1.53. The number of anilines is 1. The predicted octanol–water partition coefficient (Wildman–Crippen LogP) is 2.06. The molecule has 0 aliphatic carbocycles. The van der Waals surface area contributed by atoms with Crippen molar-refractivity contribution in [3.8, 4) is 0 Å². The number of benzene rings is 1. The van der Waals surface area contributed by atoms with Gasteiger partial charge < -0.3 is 14.5 Å². The molecular formula is C20H31N3O2. The summed E-state index contributed by atoms with van der Waals surface area (Å²) in [4.78, 5) is 19.3. The van der Waals surface area contributed by atoms with Gasteiger partial charge in [-0.1, -0.05) is 12.1 Å². The van der Waals surface area contributed by atoms with Crippen LogP contribution < -0.4 is 4.90 Å². The molecule has 3 rings (SSSR count). The maximum absolute atomic E-state index is 12.7. The SMILES string of the molecule is Cc1cccc(N2CCN(C(=O)CN3C[C@H](C)O[C@@H](C)C3)CC2)c1C. The summed E-state index contributed by atoms with van der Waals surface area (Å²) in [6.07, 6.45) is 0.412. The number of carbonyl (C=O) groups is 1. The number of piperazine rings is 1. The first kappa shape index (κ1) is 18.2. The molecule has 1 aromatic rings. The van der Waals surface area contributed by atoms with Crippen LogP contribution in [-0.2, 0) is 9.53 Å². The molecule has 0 radical (unpaired) electrons. The third kappa shape index (κ3) is 4.33. The van der Waals surface area contributed by atoms with Crippen molar-refractivity contribution in [2.24, 2.45) is 0 Å². The van der Waals surface area contributed by atoms with Crippen LogP contribution in [0.3, 0.4) is 0 Å². The molecule has 5 nitrogen and oxygen atoms in total. The van der Waals surface area contributed by atoms with E-state index in [1.165, 1.54) is 16.8 Å². The van der Waals surface area contributed by atoms with Crippen molar-refractivity contribution in [2.75, 3.05) is 50.7 Å². The molecule has 0 spiro atoms. The smallest absolute Gasteiger partial charge is 0.236 e. The Bertz CT molecular complexity index is 601. The molecule has 5 heteroatoms. The van der Waals surface area contributed by atoms with E-state index in [2.05, 4.69) is 55.7 Å². The molecule has 2 saturated heterocycles. The van der Waals surface area contributed by atoms with Gasteiger partial charge >= 0.3 is 0 Å².